The molecule has 1 aliphatic rings. The van der Waals surface area contributed by atoms with E-state index in [1.165, 1.54) is 0 Å². The monoisotopic (exact) mass is 202 g/mol. The number of rotatable bonds is 3. The third-order valence-corrected chi connectivity index (χ3v) is 5.17. The van der Waals surface area contributed by atoms with Crippen molar-refractivity contribution in [3.63, 3.8) is 0 Å². The molecule has 1 fully saturated rings. The van der Waals surface area contributed by atoms with E-state index in [-0.39, 0.29) is 16.3 Å². The smallest absolute Gasteiger partial charge is 0.134 e. The predicted octanol–water partition coefficient (Wildman–Crippen LogP) is 1.90. The van der Waals surface area contributed by atoms with E-state index in [4.69, 9.17) is 0 Å². The Morgan fingerprint density at radius 1 is 1.38 bits per heavy atom. The molecule has 1 rings (SSSR count). The van der Waals surface area contributed by atoms with Crippen molar-refractivity contribution in [3.8, 4) is 0 Å². The summed E-state index contributed by atoms with van der Waals surface area (Å²) < 4.78 is 11.9. The van der Waals surface area contributed by atoms with Crippen molar-refractivity contribution in [2.45, 2.75) is 50.5 Å². The molecule has 13 heavy (non-hydrogen) atoms. The fraction of sp³-hybridized carbons (Fsp3) is 0.900. The van der Waals surface area contributed by atoms with Gasteiger partial charge in [0.25, 0.3) is 0 Å². The lowest BCUT2D eigenvalue weighted by Gasteiger charge is -2.18. The molecular weight excluding hydrogens is 184 g/mol. The molecule has 0 saturated heterocycles. The van der Waals surface area contributed by atoms with Gasteiger partial charge in [0, 0.05) is 34.1 Å². The molecule has 0 bridgehead atoms. The standard InChI is InChI=1S/C10H18O2S/c1-7(2)8(3)13(12)10-5-4-9(11)6-10/h7-8,10H,4-6H2,1-3H3. The summed E-state index contributed by atoms with van der Waals surface area (Å²) in [5.74, 6) is 0.728. The van der Waals surface area contributed by atoms with Crippen molar-refractivity contribution >= 4 is 16.6 Å². The molecule has 1 aliphatic carbocycles. The first kappa shape index (κ1) is 10.9. The molecule has 76 valence electrons. The average Bonchev–Trinajstić information content (AvgIpc) is 2.49. The lowest BCUT2D eigenvalue weighted by molar-refractivity contribution is -0.117. The Morgan fingerprint density at radius 2 is 2.00 bits per heavy atom. The van der Waals surface area contributed by atoms with Crippen molar-refractivity contribution in [1.82, 2.24) is 0 Å². The number of ketones is 1. The summed E-state index contributed by atoms with van der Waals surface area (Å²) >= 11 is 0. The van der Waals surface area contributed by atoms with Crippen LogP contribution >= 0.6 is 0 Å². The van der Waals surface area contributed by atoms with Gasteiger partial charge in [0.1, 0.15) is 5.78 Å². The summed E-state index contributed by atoms with van der Waals surface area (Å²) in [4.78, 5) is 11.0. The van der Waals surface area contributed by atoms with Crippen LogP contribution in [-0.2, 0) is 15.6 Å². The van der Waals surface area contributed by atoms with Gasteiger partial charge in [-0.05, 0) is 12.3 Å². The molecule has 0 spiro atoms. The van der Waals surface area contributed by atoms with Gasteiger partial charge in [0.2, 0.25) is 0 Å². The van der Waals surface area contributed by atoms with Gasteiger partial charge in [-0.25, -0.2) is 0 Å². The molecule has 0 heterocycles. The van der Waals surface area contributed by atoms with Crippen LogP contribution in [0.1, 0.15) is 40.0 Å². The summed E-state index contributed by atoms with van der Waals surface area (Å²) in [5.41, 5.74) is 0. The first-order valence-corrected chi connectivity index (χ1v) is 6.21. The summed E-state index contributed by atoms with van der Waals surface area (Å²) in [6, 6.07) is 0. The molecule has 3 heteroatoms. The molecule has 3 unspecified atom stereocenters. The van der Waals surface area contributed by atoms with E-state index in [1.54, 1.807) is 0 Å². The van der Waals surface area contributed by atoms with E-state index in [0.29, 0.717) is 18.8 Å². The second-order valence-electron chi connectivity index (χ2n) is 4.18. The van der Waals surface area contributed by atoms with E-state index in [9.17, 15) is 9.00 Å². The zero-order valence-electron chi connectivity index (χ0n) is 8.58. The van der Waals surface area contributed by atoms with Crippen LogP contribution < -0.4 is 0 Å². The van der Waals surface area contributed by atoms with Crippen LogP contribution in [0.2, 0.25) is 0 Å². The lowest BCUT2D eigenvalue weighted by Crippen LogP contribution is -2.26. The maximum absolute atomic E-state index is 11.9. The third-order valence-electron chi connectivity index (χ3n) is 2.83. The maximum Gasteiger partial charge on any atom is 0.134 e. The molecule has 0 N–H and O–H groups in total. The maximum atomic E-state index is 11.9. The molecule has 0 aromatic rings. The number of hydrogen-bond acceptors (Lipinski definition) is 2. The molecule has 0 amide bonds. The Kier molecular flexibility index (Phi) is 3.65. The van der Waals surface area contributed by atoms with Gasteiger partial charge in [-0.3, -0.25) is 9.00 Å². The van der Waals surface area contributed by atoms with Gasteiger partial charge in [-0.2, -0.15) is 0 Å². The van der Waals surface area contributed by atoms with Crippen molar-refractivity contribution in [2.75, 3.05) is 0 Å². The van der Waals surface area contributed by atoms with Crippen molar-refractivity contribution in [3.05, 3.63) is 0 Å². The summed E-state index contributed by atoms with van der Waals surface area (Å²) in [6.07, 6.45) is 2.02. The Bertz CT molecular complexity index is 223. The van der Waals surface area contributed by atoms with Crippen LogP contribution in [0, 0.1) is 5.92 Å². The van der Waals surface area contributed by atoms with Crippen LogP contribution in [0.25, 0.3) is 0 Å². The molecule has 0 radical (unpaired) electrons. The second kappa shape index (κ2) is 4.36. The fourth-order valence-electron chi connectivity index (χ4n) is 1.55. The Hall–Kier alpha value is -0.180. The van der Waals surface area contributed by atoms with Gasteiger partial charge in [0.15, 0.2) is 0 Å². The second-order valence-corrected chi connectivity index (χ2v) is 6.25. The minimum Gasteiger partial charge on any atom is -0.300 e. The van der Waals surface area contributed by atoms with Crippen LogP contribution in [0.15, 0.2) is 0 Å². The highest BCUT2D eigenvalue weighted by Gasteiger charge is 2.30. The van der Waals surface area contributed by atoms with Crippen molar-refractivity contribution in [1.29, 1.82) is 0 Å². The van der Waals surface area contributed by atoms with E-state index in [0.717, 1.165) is 6.42 Å². The van der Waals surface area contributed by atoms with Gasteiger partial charge in [0.05, 0.1) is 0 Å². The van der Waals surface area contributed by atoms with E-state index in [2.05, 4.69) is 13.8 Å². The molecule has 0 aromatic heterocycles. The van der Waals surface area contributed by atoms with Gasteiger partial charge in [-0.1, -0.05) is 20.8 Å². The highest BCUT2D eigenvalue weighted by Crippen LogP contribution is 2.24. The number of carbonyl (C=O) groups is 1. The largest absolute Gasteiger partial charge is 0.300 e. The minimum atomic E-state index is -0.812. The first-order valence-electron chi connectivity index (χ1n) is 4.93. The van der Waals surface area contributed by atoms with Crippen LogP contribution in [0.4, 0.5) is 0 Å². The summed E-state index contributed by atoms with van der Waals surface area (Å²) in [7, 11) is -0.812. The van der Waals surface area contributed by atoms with E-state index in [1.807, 2.05) is 6.92 Å². The highest BCUT2D eigenvalue weighted by molar-refractivity contribution is 7.86. The van der Waals surface area contributed by atoms with E-state index >= 15 is 0 Å². The Balaban J connectivity index is 2.53. The molecule has 0 aliphatic heterocycles. The Labute approximate surface area is 82.6 Å². The Morgan fingerprint density at radius 3 is 2.38 bits per heavy atom. The average molecular weight is 202 g/mol. The topological polar surface area (TPSA) is 34.1 Å². The zero-order chi connectivity index (χ0) is 10.0. The zero-order valence-corrected chi connectivity index (χ0v) is 9.39. The third kappa shape index (κ3) is 2.63. The van der Waals surface area contributed by atoms with Gasteiger partial charge < -0.3 is 0 Å². The molecular formula is C10H18O2S. The number of carbonyl (C=O) groups excluding carboxylic acids is 1. The quantitative estimate of drug-likeness (QED) is 0.700. The first-order chi connectivity index (χ1) is 6.02. The molecule has 3 atom stereocenters. The van der Waals surface area contributed by atoms with Crippen LogP contribution in [-0.4, -0.2) is 20.5 Å². The van der Waals surface area contributed by atoms with Crippen molar-refractivity contribution in [2.24, 2.45) is 5.92 Å². The normalized spacial score (nSPS) is 28.0. The summed E-state index contributed by atoms with van der Waals surface area (Å²) in [6.45, 7) is 6.18. The summed E-state index contributed by atoms with van der Waals surface area (Å²) in [5, 5.41) is 0.362. The predicted molar refractivity (Wildman–Crippen MR) is 55.1 cm³/mol. The highest BCUT2D eigenvalue weighted by atomic mass is 32.2. The van der Waals surface area contributed by atoms with Crippen molar-refractivity contribution < 1.29 is 9.00 Å². The van der Waals surface area contributed by atoms with Crippen LogP contribution in [0.3, 0.4) is 0 Å². The van der Waals surface area contributed by atoms with Gasteiger partial charge >= 0.3 is 0 Å². The van der Waals surface area contributed by atoms with Crippen LogP contribution in [0.5, 0.6) is 0 Å². The van der Waals surface area contributed by atoms with Gasteiger partial charge in [-0.15, -0.1) is 0 Å². The minimum absolute atomic E-state index is 0.143. The number of hydrogen-bond donors (Lipinski definition) is 0. The fourth-order valence-corrected chi connectivity index (χ4v) is 3.39. The molecule has 1 saturated carbocycles. The number of Topliss-reactive ketones (excluding diaryl/α,β-unsaturated/α-hetero) is 1. The SMILES string of the molecule is CC(C)C(C)S(=O)C1CCC(=O)C1. The molecule has 0 aromatic carbocycles. The lowest BCUT2D eigenvalue weighted by atomic mass is 10.2. The van der Waals surface area contributed by atoms with E-state index < -0.39 is 10.8 Å². The molecule has 2 nitrogen and oxygen atoms in total.